The maximum atomic E-state index is 13.2. The molecule has 3 aromatic carbocycles. The molecule has 4 nitrogen and oxygen atoms in total. The third-order valence-corrected chi connectivity index (χ3v) is 4.22. The predicted octanol–water partition coefficient (Wildman–Crippen LogP) is 6.66. The van der Waals surface area contributed by atoms with Crippen molar-refractivity contribution >= 4 is 0 Å². The summed E-state index contributed by atoms with van der Waals surface area (Å²) in [5.74, 6) is -0.678. The van der Waals surface area contributed by atoms with Gasteiger partial charge >= 0.3 is 18.9 Å². The Hall–Kier alpha value is -3.47. The summed E-state index contributed by atoms with van der Waals surface area (Å²) in [6.45, 7) is 0. The van der Waals surface area contributed by atoms with Crippen molar-refractivity contribution in [3.05, 3.63) is 83.9 Å². The topological polar surface area (TPSA) is 53.7 Å². The van der Waals surface area contributed by atoms with Crippen molar-refractivity contribution in [2.24, 2.45) is 5.73 Å². The van der Waals surface area contributed by atoms with Gasteiger partial charge in [0.15, 0.2) is 0 Å². The molecule has 0 heterocycles. The average Bonchev–Trinajstić information content (AvgIpc) is 2.72. The van der Waals surface area contributed by atoms with Crippen molar-refractivity contribution in [1.82, 2.24) is 0 Å². The van der Waals surface area contributed by atoms with E-state index in [1.54, 1.807) is 12.1 Å². The average molecular weight is 475 g/mol. The largest absolute Gasteiger partial charge is 0.573 e. The lowest BCUT2D eigenvalue weighted by Crippen LogP contribution is -2.33. The van der Waals surface area contributed by atoms with Crippen LogP contribution in [-0.2, 0) is 0 Å². The van der Waals surface area contributed by atoms with E-state index in [1.165, 1.54) is 36.4 Å². The number of ether oxygens (including phenoxy) is 3. The summed E-state index contributed by atoms with van der Waals surface area (Å²) < 4.78 is 102. The fourth-order valence-corrected chi connectivity index (χ4v) is 2.81. The molecule has 3 rings (SSSR count). The number of benzene rings is 3. The smallest absolute Gasteiger partial charge is 0.457 e. The molecule has 0 aromatic heterocycles. The van der Waals surface area contributed by atoms with Crippen molar-refractivity contribution < 1.29 is 44.9 Å². The lowest BCUT2D eigenvalue weighted by Gasteiger charge is -2.19. The normalized spacial score (nSPS) is 13.0. The summed E-state index contributed by atoms with van der Waals surface area (Å²) >= 11 is 0. The van der Waals surface area contributed by atoms with Gasteiger partial charge in [-0.2, -0.15) is 17.6 Å². The first-order chi connectivity index (χ1) is 15.4. The zero-order chi connectivity index (χ0) is 24.2. The van der Waals surface area contributed by atoms with Gasteiger partial charge < -0.3 is 19.9 Å². The molecule has 0 saturated heterocycles. The van der Waals surface area contributed by atoms with Crippen LogP contribution in [0.3, 0.4) is 0 Å². The van der Waals surface area contributed by atoms with Gasteiger partial charge in [0.25, 0.3) is 0 Å². The van der Waals surface area contributed by atoms with Crippen molar-refractivity contribution in [3.63, 3.8) is 0 Å². The van der Waals surface area contributed by atoms with Crippen molar-refractivity contribution in [1.29, 1.82) is 0 Å². The molecule has 0 aliphatic rings. The van der Waals surface area contributed by atoms with Gasteiger partial charge in [-0.3, -0.25) is 0 Å². The van der Waals surface area contributed by atoms with Crippen LogP contribution in [0.2, 0.25) is 0 Å². The fourth-order valence-electron chi connectivity index (χ4n) is 2.81. The Morgan fingerprint density at radius 3 is 1.64 bits per heavy atom. The molecule has 11 heteroatoms. The van der Waals surface area contributed by atoms with Crippen LogP contribution < -0.4 is 19.9 Å². The Morgan fingerprint density at radius 2 is 1.09 bits per heavy atom. The second-order valence-corrected chi connectivity index (χ2v) is 6.71. The van der Waals surface area contributed by atoms with Gasteiger partial charge in [0, 0.05) is 6.07 Å². The van der Waals surface area contributed by atoms with Gasteiger partial charge in [-0.1, -0.05) is 30.3 Å². The first kappa shape index (κ1) is 24.2. The Kier molecular flexibility index (Phi) is 7.01. The standard InChI is InChI=1S/C22H16F7NO3/c23-20(24)21(25,26)32-17-8-2-5-14(11-17)19(30)13-4-1-6-15(10-13)31-16-7-3-9-18(12-16)33-22(27,28)29/h1-12,19-20H,30H2. The number of halogens is 7. The highest BCUT2D eigenvalue weighted by atomic mass is 19.4. The minimum atomic E-state index is -4.86. The van der Waals surface area contributed by atoms with Gasteiger partial charge in [0.2, 0.25) is 0 Å². The Bertz CT molecular complexity index is 1090. The fraction of sp³-hybridized carbons (Fsp3) is 0.182. The number of rotatable bonds is 8. The van der Waals surface area contributed by atoms with E-state index in [0.717, 1.165) is 24.3 Å². The van der Waals surface area contributed by atoms with Crippen LogP contribution in [0.15, 0.2) is 72.8 Å². The summed E-state index contributed by atoms with van der Waals surface area (Å²) in [5.41, 5.74) is 6.91. The monoisotopic (exact) mass is 475 g/mol. The van der Waals surface area contributed by atoms with Gasteiger partial charge in [0.05, 0.1) is 6.04 Å². The highest BCUT2D eigenvalue weighted by Crippen LogP contribution is 2.32. The molecule has 176 valence electrons. The number of nitrogens with two attached hydrogens (primary N) is 1. The van der Waals surface area contributed by atoms with Crippen molar-refractivity contribution in [2.45, 2.75) is 24.9 Å². The predicted molar refractivity (Wildman–Crippen MR) is 104 cm³/mol. The molecule has 0 saturated carbocycles. The van der Waals surface area contributed by atoms with E-state index in [1.807, 2.05) is 0 Å². The maximum absolute atomic E-state index is 13.2. The minimum absolute atomic E-state index is 0.0621. The molecule has 33 heavy (non-hydrogen) atoms. The van der Waals surface area contributed by atoms with Gasteiger partial charge in [-0.25, -0.2) is 0 Å². The summed E-state index contributed by atoms with van der Waals surface area (Å²) in [7, 11) is 0. The lowest BCUT2D eigenvalue weighted by molar-refractivity contribution is -0.274. The molecule has 0 radical (unpaired) electrons. The quantitative estimate of drug-likeness (QED) is 0.370. The van der Waals surface area contributed by atoms with Crippen LogP contribution in [0.1, 0.15) is 17.2 Å². The van der Waals surface area contributed by atoms with Gasteiger partial charge in [0.1, 0.15) is 23.0 Å². The Labute approximate surface area is 183 Å². The molecule has 0 bridgehead atoms. The first-order valence-corrected chi connectivity index (χ1v) is 9.27. The van der Waals surface area contributed by atoms with Crippen LogP contribution in [0, 0.1) is 0 Å². The van der Waals surface area contributed by atoms with E-state index >= 15 is 0 Å². The SMILES string of the molecule is NC(c1cccc(Oc2cccc(OC(F)(F)F)c2)c1)c1cccc(OC(F)(F)C(F)F)c1. The summed E-state index contributed by atoms with van der Waals surface area (Å²) in [6.07, 6.45) is -13.5. The third kappa shape index (κ3) is 6.75. The van der Waals surface area contributed by atoms with E-state index in [4.69, 9.17) is 10.5 Å². The molecule has 0 aliphatic carbocycles. The van der Waals surface area contributed by atoms with Crippen LogP contribution in [0.4, 0.5) is 30.7 Å². The summed E-state index contributed by atoms with van der Waals surface area (Å²) in [4.78, 5) is 0. The van der Waals surface area contributed by atoms with Gasteiger partial charge in [-0.05, 0) is 47.5 Å². The molecule has 0 aliphatic heterocycles. The van der Waals surface area contributed by atoms with Crippen molar-refractivity contribution in [2.75, 3.05) is 0 Å². The van der Waals surface area contributed by atoms with E-state index in [-0.39, 0.29) is 17.1 Å². The molecule has 2 N–H and O–H groups in total. The molecular formula is C22H16F7NO3. The van der Waals surface area contributed by atoms with Crippen LogP contribution in [0.25, 0.3) is 0 Å². The number of hydrogen-bond donors (Lipinski definition) is 1. The van der Waals surface area contributed by atoms with E-state index in [2.05, 4.69) is 9.47 Å². The summed E-state index contributed by atoms with van der Waals surface area (Å²) in [6, 6.07) is 15.2. The van der Waals surface area contributed by atoms with Crippen LogP contribution >= 0.6 is 0 Å². The molecule has 0 spiro atoms. The maximum Gasteiger partial charge on any atom is 0.573 e. The Balaban J connectivity index is 1.77. The van der Waals surface area contributed by atoms with E-state index in [0.29, 0.717) is 5.56 Å². The van der Waals surface area contributed by atoms with Gasteiger partial charge in [-0.15, -0.1) is 13.2 Å². The number of hydrogen-bond acceptors (Lipinski definition) is 4. The second-order valence-electron chi connectivity index (χ2n) is 6.71. The molecule has 3 aromatic rings. The highest BCUT2D eigenvalue weighted by Gasteiger charge is 2.44. The molecular weight excluding hydrogens is 459 g/mol. The number of alkyl halides is 7. The molecule has 0 amide bonds. The summed E-state index contributed by atoms with van der Waals surface area (Å²) in [5, 5.41) is 0. The van der Waals surface area contributed by atoms with Crippen molar-refractivity contribution in [3.8, 4) is 23.0 Å². The van der Waals surface area contributed by atoms with Crippen LogP contribution in [-0.4, -0.2) is 18.9 Å². The molecule has 0 fully saturated rings. The second kappa shape index (κ2) is 9.57. The molecule has 1 atom stereocenters. The van der Waals surface area contributed by atoms with E-state index < -0.39 is 36.4 Å². The Morgan fingerprint density at radius 1 is 0.636 bits per heavy atom. The highest BCUT2D eigenvalue weighted by molar-refractivity contribution is 5.42. The van der Waals surface area contributed by atoms with E-state index in [9.17, 15) is 30.7 Å². The van der Waals surface area contributed by atoms with Crippen LogP contribution in [0.5, 0.6) is 23.0 Å². The lowest BCUT2D eigenvalue weighted by atomic mass is 9.99. The zero-order valence-corrected chi connectivity index (χ0v) is 16.5. The zero-order valence-electron chi connectivity index (χ0n) is 16.5. The molecule has 1 unspecified atom stereocenters. The minimum Gasteiger partial charge on any atom is -0.457 e. The first-order valence-electron chi connectivity index (χ1n) is 9.27. The third-order valence-electron chi connectivity index (χ3n) is 4.22.